The molecule has 2 aromatic rings. The summed E-state index contributed by atoms with van der Waals surface area (Å²) in [6, 6.07) is 3.92. The fraction of sp³-hybridized carbons (Fsp3) is 0.312. The summed E-state index contributed by atoms with van der Waals surface area (Å²) < 4.78 is 45.0. The van der Waals surface area contributed by atoms with Crippen molar-refractivity contribution in [3.63, 3.8) is 0 Å². The molecule has 0 fully saturated rings. The molecule has 0 bridgehead atoms. The molecule has 0 amide bonds. The number of nitrogens with one attached hydrogen (secondary N) is 2. The number of hydrogen-bond donors (Lipinski definition) is 2. The Morgan fingerprint density at radius 3 is 2.80 bits per heavy atom. The first-order valence-corrected chi connectivity index (χ1v) is 7.55. The van der Waals surface area contributed by atoms with Gasteiger partial charge in [0.05, 0.1) is 17.6 Å². The van der Waals surface area contributed by atoms with Crippen molar-refractivity contribution in [3.05, 3.63) is 47.5 Å². The number of halogens is 3. The average Bonchev–Trinajstić information content (AvgIpc) is 3.08. The van der Waals surface area contributed by atoms with E-state index in [2.05, 4.69) is 20.3 Å². The van der Waals surface area contributed by atoms with Gasteiger partial charge in [-0.25, -0.2) is 4.98 Å². The van der Waals surface area contributed by atoms with Crippen LogP contribution in [-0.4, -0.2) is 41.3 Å². The van der Waals surface area contributed by atoms with E-state index in [9.17, 15) is 18.0 Å². The standard InChI is InChI=1S/C16H15F3N4O2/c17-16(18,19)12-5-10(14-8-25-15(24)7-22-14)1-2-13(12)21-4-3-11-6-20-9-23-11/h1-2,5-6,9,21H,3-4,7-8H2,(H,20,23). The van der Waals surface area contributed by atoms with Gasteiger partial charge in [-0.2, -0.15) is 13.2 Å². The van der Waals surface area contributed by atoms with Crippen LogP contribution in [0.25, 0.3) is 0 Å². The monoisotopic (exact) mass is 352 g/mol. The Morgan fingerprint density at radius 2 is 2.16 bits per heavy atom. The molecule has 6 nitrogen and oxygen atoms in total. The summed E-state index contributed by atoms with van der Waals surface area (Å²) in [6.07, 6.45) is -0.860. The zero-order valence-corrected chi connectivity index (χ0v) is 13.1. The maximum atomic E-state index is 13.4. The predicted molar refractivity (Wildman–Crippen MR) is 84.6 cm³/mol. The molecule has 1 aliphatic heterocycles. The number of anilines is 1. The second kappa shape index (κ2) is 6.96. The van der Waals surface area contributed by atoms with E-state index in [1.165, 1.54) is 18.5 Å². The van der Waals surface area contributed by atoms with Gasteiger partial charge >= 0.3 is 12.1 Å². The summed E-state index contributed by atoms with van der Waals surface area (Å²) in [5.41, 5.74) is 0.655. The minimum absolute atomic E-state index is 0.0100. The number of alkyl halides is 3. The van der Waals surface area contributed by atoms with Gasteiger partial charge in [0.25, 0.3) is 0 Å². The summed E-state index contributed by atoms with van der Waals surface area (Å²) in [7, 11) is 0. The molecule has 25 heavy (non-hydrogen) atoms. The second-order valence-corrected chi connectivity index (χ2v) is 5.44. The Labute approximate surface area is 141 Å². The van der Waals surface area contributed by atoms with E-state index in [0.29, 0.717) is 24.2 Å². The molecule has 1 aromatic heterocycles. The first-order valence-electron chi connectivity index (χ1n) is 7.55. The molecule has 0 saturated carbocycles. The molecule has 0 spiro atoms. The number of cyclic esters (lactones) is 1. The van der Waals surface area contributed by atoms with Gasteiger partial charge in [-0.15, -0.1) is 0 Å². The van der Waals surface area contributed by atoms with Gasteiger partial charge in [-0.1, -0.05) is 6.07 Å². The Bertz CT molecular complexity index is 785. The van der Waals surface area contributed by atoms with E-state index < -0.39 is 17.7 Å². The highest BCUT2D eigenvalue weighted by Gasteiger charge is 2.34. The molecule has 0 saturated heterocycles. The van der Waals surface area contributed by atoms with Crippen molar-refractivity contribution in [2.45, 2.75) is 12.6 Å². The van der Waals surface area contributed by atoms with Crippen LogP contribution >= 0.6 is 0 Å². The number of esters is 1. The highest BCUT2D eigenvalue weighted by Crippen LogP contribution is 2.35. The zero-order chi connectivity index (χ0) is 17.9. The molecule has 3 rings (SSSR count). The van der Waals surface area contributed by atoms with Gasteiger partial charge in [0, 0.05) is 30.5 Å². The van der Waals surface area contributed by atoms with Crippen LogP contribution in [0.3, 0.4) is 0 Å². The van der Waals surface area contributed by atoms with Gasteiger partial charge in [-0.05, 0) is 17.7 Å². The van der Waals surface area contributed by atoms with Crippen LogP contribution < -0.4 is 5.32 Å². The number of H-pyrrole nitrogens is 1. The predicted octanol–water partition coefficient (Wildman–Crippen LogP) is 2.43. The fourth-order valence-electron chi connectivity index (χ4n) is 2.44. The number of hydrogen-bond acceptors (Lipinski definition) is 5. The van der Waals surface area contributed by atoms with Crippen LogP contribution in [0.4, 0.5) is 18.9 Å². The van der Waals surface area contributed by atoms with E-state index in [0.717, 1.165) is 11.8 Å². The Balaban J connectivity index is 1.79. The molecule has 1 aromatic carbocycles. The Kier molecular flexibility index (Phi) is 4.73. The van der Waals surface area contributed by atoms with Crippen molar-refractivity contribution in [2.75, 3.05) is 25.0 Å². The number of aromatic amines is 1. The van der Waals surface area contributed by atoms with Crippen molar-refractivity contribution in [1.82, 2.24) is 9.97 Å². The van der Waals surface area contributed by atoms with E-state index >= 15 is 0 Å². The molecule has 0 unspecified atom stereocenters. The van der Waals surface area contributed by atoms with Crippen molar-refractivity contribution in [1.29, 1.82) is 0 Å². The summed E-state index contributed by atoms with van der Waals surface area (Å²) >= 11 is 0. The molecule has 2 heterocycles. The lowest BCUT2D eigenvalue weighted by Gasteiger charge is -2.18. The summed E-state index contributed by atoms with van der Waals surface area (Å²) in [6.45, 7) is 0.0206. The van der Waals surface area contributed by atoms with E-state index in [1.807, 2.05) is 0 Å². The molecule has 2 N–H and O–H groups in total. The molecule has 0 atom stereocenters. The van der Waals surface area contributed by atoms with Crippen LogP contribution in [0.5, 0.6) is 0 Å². The zero-order valence-electron chi connectivity index (χ0n) is 13.1. The number of aliphatic imine (C=N–C) groups is 1. The number of ether oxygens (including phenoxy) is 1. The molecular formula is C16H15F3N4O2. The third kappa shape index (κ3) is 4.17. The fourth-order valence-corrected chi connectivity index (χ4v) is 2.44. The quantitative estimate of drug-likeness (QED) is 0.810. The van der Waals surface area contributed by atoms with Crippen molar-refractivity contribution < 1.29 is 22.7 Å². The van der Waals surface area contributed by atoms with Gasteiger partial charge in [-0.3, -0.25) is 9.79 Å². The minimum Gasteiger partial charge on any atom is -0.458 e. The van der Waals surface area contributed by atoms with Gasteiger partial charge in [0.15, 0.2) is 0 Å². The maximum Gasteiger partial charge on any atom is 0.418 e. The van der Waals surface area contributed by atoms with E-state index in [1.54, 1.807) is 6.20 Å². The number of nitrogens with zero attached hydrogens (tertiary/aromatic N) is 2. The van der Waals surface area contributed by atoms with Crippen LogP contribution in [0, 0.1) is 0 Å². The number of imidazole rings is 1. The maximum absolute atomic E-state index is 13.4. The lowest BCUT2D eigenvalue weighted by Crippen LogP contribution is -2.24. The smallest absolute Gasteiger partial charge is 0.418 e. The largest absolute Gasteiger partial charge is 0.458 e. The van der Waals surface area contributed by atoms with Gasteiger partial charge < -0.3 is 15.0 Å². The van der Waals surface area contributed by atoms with Crippen molar-refractivity contribution in [3.8, 4) is 0 Å². The number of benzene rings is 1. The van der Waals surface area contributed by atoms with Crippen LogP contribution in [0.2, 0.25) is 0 Å². The highest BCUT2D eigenvalue weighted by atomic mass is 19.4. The minimum atomic E-state index is -4.52. The normalized spacial score (nSPS) is 14.8. The van der Waals surface area contributed by atoms with Crippen molar-refractivity contribution in [2.24, 2.45) is 4.99 Å². The lowest BCUT2D eigenvalue weighted by atomic mass is 10.0. The van der Waals surface area contributed by atoms with Gasteiger partial charge in [0.2, 0.25) is 0 Å². The first-order chi connectivity index (χ1) is 11.9. The molecule has 9 heteroatoms. The molecule has 132 valence electrons. The van der Waals surface area contributed by atoms with Crippen LogP contribution in [0.15, 0.2) is 35.7 Å². The second-order valence-electron chi connectivity index (χ2n) is 5.44. The number of carbonyl (C=O) groups is 1. The van der Waals surface area contributed by atoms with E-state index in [4.69, 9.17) is 4.74 Å². The van der Waals surface area contributed by atoms with Gasteiger partial charge in [0.1, 0.15) is 13.2 Å². The van der Waals surface area contributed by atoms with Crippen LogP contribution in [-0.2, 0) is 22.1 Å². The molecular weight excluding hydrogens is 337 g/mol. The Hall–Kier alpha value is -2.84. The number of carbonyl (C=O) groups excluding carboxylic acids is 1. The number of rotatable bonds is 5. The molecule has 0 radical (unpaired) electrons. The summed E-state index contributed by atoms with van der Waals surface area (Å²) in [4.78, 5) is 21.7. The third-order valence-corrected chi connectivity index (χ3v) is 3.69. The van der Waals surface area contributed by atoms with E-state index in [-0.39, 0.29) is 18.8 Å². The number of aromatic nitrogens is 2. The third-order valence-electron chi connectivity index (χ3n) is 3.69. The first kappa shape index (κ1) is 17.0. The summed E-state index contributed by atoms with van der Waals surface area (Å²) in [5.74, 6) is -0.489. The molecule has 0 aliphatic carbocycles. The highest BCUT2D eigenvalue weighted by molar-refractivity contribution is 6.04. The lowest BCUT2D eigenvalue weighted by molar-refractivity contribution is -0.141. The average molecular weight is 352 g/mol. The molecule has 1 aliphatic rings. The van der Waals surface area contributed by atoms with Crippen molar-refractivity contribution >= 4 is 17.4 Å². The van der Waals surface area contributed by atoms with Crippen LogP contribution in [0.1, 0.15) is 16.8 Å². The SMILES string of the molecule is O=C1CN=C(c2ccc(NCCc3cnc[nH]3)c(C(F)(F)F)c2)CO1. The summed E-state index contributed by atoms with van der Waals surface area (Å²) in [5, 5.41) is 2.80. The Morgan fingerprint density at radius 1 is 1.32 bits per heavy atom. The topological polar surface area (TPSA) is 79.4 Å².